The molecule has 4 heteroatoms. The molecule has 132 valence electrons. The number of carbonyl (C=O) groups excluding carboxylic acids is 2. The van der Waals surface area contributed by atoms with E-state index in [0.29, 0.717) is 6.54 Å². The second-order valence-corrected chi connectivity index (χ2v) is 7.99. The van der Waals surface area contributed by atoms with Gasteiger partial charge >= 0.3 is 0 Å². The van der Waals surface area contributed by atoms with Crippen LogP contribution in [0.25, 0.3) is 0 Å². The number of benzene rings is 1. The lowest BCUT2D eigenvalue weighted by Gasteiger charge is -2.30. The lowest BCUT2D eigenvalue weighted by atomic mass is 9.81. The quantitative estimate of drug-likeness (QED) is 0.889. The zero-order valence-corrected chi connectivity index (χ0v) is 15.3. The Balaban J connectivity index is 1.77. The van der Waals surface area contributed by atoms with Crippen molar-refractivity contribution in [2.24, 2.45) is 11.8 Å². The van der Waals surface area contributed by atoms with E-state index in [-0.39, 0.29) is 29.2 Å². The summed E-state index contributed by atoms with van der Waals surface area (Å²) in [6.07, 6.45) is 3.18. The van der Waals surface area contributed by atoms with Gasteiger partial charge in [0.25, 0.3) is 0 Å². The number of hydrogen-bond donors (Lipinski definition) is 2. The van der Waals surface area contributed by atoms with E-state index in [1.54, 1.807) is 0 Å². The van der Waals surface area contributed by atoms with Crippen molar-refractivity contribution < 1.29 is 9.59 Å². The van der Waals surface area contributed by atoms with E-state index in [1.165, 1.54) is 5.56 Å². The Morgan fingerprint density at radius 1 is 1.04 bits per heavy atom. The molecule has 2 amide bonds. The highest BCUT2D eigenvalue weighted by Gasteiger charge is 2.31. The molecule has 1 fully saturated rings. The average molecular weight is 330 g/mol. The Hall–Kier alpha value is -1.84. The van der Waals surface area contributed by atoms with Crippen molar-refractivity contribution in [3.05, 3.63) is 35.4 Å². The van der Waals surface area contributed by atoms with Gasteiger partial charge in [0.1, 0.15) is 0 Å². The van der Waals surface area contributed by atoms with Crippen molar-refractivity contribution in [1.82, 2.24) is 10.6 Å². The van der Waals surface area contributed by atoms with Gasteiger partial charge in [-0.25, -0.2) is 0 Å². The van der Waals surface area contributed by atoms with E-state index >= 15 is 0 Å². The first kappa shape index (κ1) is 18.5. The lowest BCUT2D eigenvalue weighted by molar-refractivity contribution is -0.131. The van der Waals surface area contributed by atoms with Crippen LogP contribution in [0.3, 0.4) is 0 Å². The maximum absolute atomic E-state index is 12.4. The van der Waals surface area contributed by atoms with E-state index < -0.39 is 0 Å². The number of nitrogens with one attached hydrogen (secondary N) is 2. The second kappa shape index (κ2) is 7.82. The van der Waals surface area contributed by atoms with Gasteiger partial charge in [-0.3, -0.25) is 9.59 Å². The molecular formula is C20H30N2O2. The first-order chi connectivity index (χ1) is 11.2. The van der Waals surface area contributed by atoms with Gasteiger partial charge in [0.15, 0.2) is 0 Å². The first-order valence-electron chi connectivity index (χ1n) is 8.90. The van der Waals surface area contributed by atoms with Crippen LogP contribution in [0.2, 0.25) is 0 Å². The van der Waals surface area contributed by atoms with Crippen molar-refractivity contribution in [2.45, 2.75) is 65.5 Å². The smallest absolute Gasteiger partial charge is 0.223 e. The number of rotatable bonds is 4. The highest BCUT2D eigenvalue weighted by atomic mass is 16.2. The predicted octanol–water partition coefficient (Wildman–Crippen LogP) is 3.33. The molecule has 2 N–H and O–H groups in total. The zero-order chi connectivity index (χ0) is 17.7. The molecule has 1 aromatic carbocycles. The molecule has 0 radical (unpaired) electrons. The molecular weight excluding hydrogens is 300 g/mol. The third-order valence-corrected chi connectivity index (χ3v) is 4.52. The van der Waals surface area contributed by atoms with Gasteiger partial charge in [0.2, 0.25) is 11.8 Å². The molecule has 0 aromatic heterocycles. The number of hydrogen-bond acceptors (Lipinski definition) is 2. The molecule has 0 saturated heterocycles. The predicted molar refractivity (Wildman–Crippen MR) is 96.4 cm³/mol. The minimum absolute atomic E-state index is 0.0356. The Morgan fingerprint density at radius 2 is 1.62 bits per heavy atom. The molecule has 1 aromatic rings. The fourth-order valence-corrected chi connectivity index (χ4v) is 3.25. The van der Waals surface area contributed by atoms with Crippen LogP contribution in [0.5, 0.6) is 0 Å². The van der Waals surface area contributed by atoms with Gasteiger partial charge in [-0.15, -0.1) is 0 Å². The van der Waals surface area contributed by atoms with Gasteiger partial charge < -0.3 is 10.6 Å². The van der Waals surface area contributed by atoms with Gasteiger partial charge in [-0.2, -0.15) is 0 Å². The topological polar surface area (TPSA) is 58.2 Å². The summed E-state index contributed by atoms with van der Waals surface area (Å²) in [5.41, 5.74) is 2.13. The standard InChI is InChI=1S/C20H30N2O2/c1-14-6-5-7-15(12-14)13-21-18(23)16-8-10-17(11-9-16)19(24)22-20(2,3)4/h5-7,12,16-17H,8-11,13H2,1-4H3,(H,21,23)(H,22,24). The normalized spacial score (nSPS) is 21.2. The summed E-state index contributed by atoms with van der Waals surface area (Å²) >= 11 is 0. The van der Waals surface area contributed by atoms with Crippen molar-refractivity contribution in [2.75, 3.05) is 0 Å². The first-order valence-corrected chi connectivity index (χ1v) is 8.90. The SMILES string of the molecule is Cc1cccc(CNC(=O)C2CCC(C(=O)NC(C)(C)C)CC2)c1. The lowest BCUT2D eigenvalue weighted by Crippen LogP contribution is -2.45. The minimum atomic E-state index is -0.195. The summed E-state index contributed by atoms with van der Waals surface area (Å²) in [6.45, 7) is 8.61. The summed E-state index contributed by atoms with van der Waals surface area (Å²) in [7, 11) is 0. The molecule has 0 atom stereocenters. The van der Waals surface area contributed by atoms with Crippen molar-refractivity contribution in [3.8, 4) is 0 Å². The van der Waals surface area contributed by atoms with Crippen molar-refractivity contribution in [3.63, 3.8) is 0 Å². The number of carbonyl (C=O) groups is 2. The second-order valence-electron chi connectivity index (χ2n) is 7.99. The fraction of sp³-hybridized carbons (Fsp3) is 0.600. The van der Waals surface area contributed by atoms with Crippen LogP contribution >= 0.6 is 0 Å². The van der Waals surface area contributed by atoms with E-state index in [4.69, 9.17) is 0 Å². The van der Waals surface area contributed by atoms with Crippen molar-refractivity contribution >= 4 is 11.8 Å². The van der Waals surface area contributed by atoms with Crippen LogP contribution in [0.1, 0.15) is 57.6 Å². The Morgan fingerprint density at radius 3 is 2.17 bits per heavy atom. The molecule has 24 heavy (non-hydrogen) atoms. The van der Waals surface area contributed by atoms with Crippen LogP contribution in [0.15, 0.2) is 24.3 Å². The highest BCUT2D eigenvalue weighted by molar-refractivity contribution is 5.81. The fourth-order valence-electron chi connectivity index (χ4n) is 3.25. The molecule has 2 rings (SSSR count). The molecule has 0 bridgehead atoms. The number of amides is 2. The van der Waals surface area contributed by atoms with E-state index in [9.17, 15) is 9.59 Å². The van der Waals surface area contributed by atoms with E-state index in [1.807, 2.05) is 32.9 Å². The van der Waals surface area contributed by atoms with Gasteiger partial charge in [0, 0.05) is 23.9 Å². The van der Waals surface area contributed by atoms with Crippen LogP contribution in [0, 0.1) is 18.8 Å². The van der Waals surface area contributed by atoms with E-state index in [0.717, 1.165) is 31.2 Å². The molecule has 0 aliphatic heterocycles. The summed E-state index contributed by atoms with van der Waals surface area (Å²) in [4.78, 5) is 24.6. The van der Waals surface area contributed by atoms with Crippen LogP contribution in [0.4, 0.5) is 0 Å². The highest BCUT2D eigenvalue weighted by Crippen LogP contribution is 2.29. The Labute approximate surface area is 145 Å². The van der Waals surface area contributed by atoms with Gasteiger partial charge in [0.05, 0.1) is 0 Å². The van der Waals surface area contributed by atoms with E-state index in [2.05, 4.69) is 29.7 Å². The summed E-state index contributed by atoms with van der Waals surface area (Å²) in [5, 5.41) is 6.08. The molecule has 1 aliphatic rings. The van der Waals surface area contributed by atoms with Crippen molar-refractivity contribution in [1.29, 1.82) is 0 Å². The largest absolute Gasteiger partial charge is 0.352 e. The summed E-state index contributed by atoms with van der Waals surface area (Å²) < 4.78 is 0. The maximum atomic E-state index is 12.4. The maximum Gasteiger partial charge on any atom is 0.223 e. The molecule has 1 saturated carbocycles. The summed E-state index contributed by atoms with van der Waals surface area (Å²) in [5.74, 6) is 0.325. The third-order valence-electron chi connectivity index (χ3n) is 4.52. The van der Waals surface area contributed by atoms with Gasteiger partial charge in [-0.1, -0.05) is 29.8 Å². The summed E-state index contributed by atoms with van der Waals surface area (Å²) in [6, 6.07) is 8.18. The zero-order valence-electron chi connectivity index (χ0n) is 15.3. The molecule has 1 aliphatic carbocycles. The Kier molecular flexibility index (Phi) is 6.03. The minimum Gasteiger partial charge on any atom is -0.352 e. The Bertz CT molecular complexity index is 582. The van der Waals surface area contributed by atoms with Crippen LogP contribution in [-0.4, -0.2) is 17.4 Å². The monoisotopic (exact) mass is 330 g/mol. The molecule has 0 spiro atoms. The molecule has 4 nitrogen and oxygen atoms in total. The van der Waals surface area contributed by atoms with Crippen LogP contribution < -0.4 is 10.6 Å². The average Bonchev–Trinajstić information content (AvgIpc) is 2.51. The molecule has 0 unspecified atom stereocenters. The molecule has 0 heterocycles. The van der Waals surface area contributed by atoms with Crippen LogP contribution in [-0.2, 0) is 16.1 Å². The van der Waals surface area contributed by atoms with Gasteiger partial charge in [-0.05, 0) is 58.9 Å². The number of aryl methyl sites for hydroxylation is 1. The third kappa shape index (κ3) is 5.66.